The van der Waals surface area contributed by atoms with E-state index in [0.29, 0.717) is 13.0 Å². The highest BCUT2D eigenvalue weighted by Crippen LogP contribution is 2.37. The normalized spacial score (nSPS) is 35.1. The van der Waals surface area contributed by atoms with Crippen LogP contribution in [0.4, 0.5) is 9.59 Å². The van der Waals surface area contributed by atoms with Gasteiger partial charge in [0, 0.05) is 6.54 Å². The van der Waals surface area contributed by atoms with Crippen molar-refractivity contribution < 1.29 is 19.8 Å². The molecular weight excluding hydrogens is 188 g/mol. The molecule has 0 saturated carbocycles. The molecule has 0 aromatic carbocycles. The quantitative estimate of drug-likeness (QED) is 0.596. The molecule has 2 aliphatic heterocycles. The molecule has 2 amide bonds. The molecule has 0 aliphatic carbocycles. The molecule has 2 fully saturated rings. The molecule has 2 unspecified atom stereocenters. The minimum Gasteiger partial charge on any atom is -0.465 e. The molecule has 0 aromatic heterocycles. The summed E-state index contributed by atoms with van der Waals surface area (Å²) >= 11 is 0. The van der Waals surface area contributed by atoms with Crippen LogP contribution in [-0.4, -0.2) is 56.9 Å². The van der Waals surface area contributed by atoms with Gasteiger partial charge in [-0.2, -0.15) is 0 Å². The van der Waals surface area contributed by atoms with Crippen molar-refractivity contribution in [1.29, 1.82) is 0 Å². The molecule has 0 aromatic rings. The molecule has 2 aliphatic rings. The van der Waals surface area contributed by atoms with E-state index >= 15 is 0 Å². The predicted octanol–water partition coefficient (Wildman–Crippen LogP) is 0.489. The van der Waals surface area contributed by atoms with Crippen molar-refractivity contribution in [2.75, 3.05) is 6.54 Å². The number of fused-ring (bicyclic) bond motifs is 1. The zero-order valence-electron chi connectivity index (χ0n) is 7.75. The summed E-state index contributed by atoms with van der Waals surface area (Å²) in [5.74, 6) is 0. The van der Waals surface area contributed by atoms with E-state index in [1.54, 1.807) is 6.92 Å². The highest BCUT2D eigenvalue weighted by Gasteiger charge is 2.56. The highest BCUT2D eigenvalue weighted by atomic mass is 16.4. The first kappa shape index (κ1) is 9.11. The van der Waals surface area contributed by atoms with Gasteiger partial charge >= 0.3 is 12.2 Å². The third kappa shape index (κ3) is 0.964. The van der Waals surface area contributed by atoms with Crippen LogP contribution in [0.2, 0.25) is 0 Å². The number of carboxylic acid groups (broad SMARTS) is 2. The van der Waals surface area contributed by atoms with E-state index in [2.05, 4.69) is 0 Å². The van der Waals surface area contributed by atoms with E-state index in [0.717, 1.165) is 0 Å². The molecule has 2 saturated heterocycles. The Morgan fingerprint density at radius 1 is 1.29 bits per heavy atom. The second kappa shape index (κ2) is 2.76. The monoisotopic (exact) mass is 200 g/mol. The number of hydrogen-bond donors (Lipinski definition) is 2. The van der Waals surface area contributed by atoms with Crippen LogP contribution in [0.15, 0.2) is 0 Å². The fraction of sp³-hybridized carbons (Fsp3) is 0.750. The van der Waals surface area contributed by atoms with Gasteiger partial charge in [0.05, 0.1) is 18.1 Å². The van der Waals surface area contributed by atoms with Crippen LogP contribution in [0.25, 0.3) is 0 Å². The molecule has 2 rings (SSSR count). The Kier molecular flexibility index (Phi) is 1.80. The summed E-state index contributed by atoms with van der Waals surface area (Å²) in [7, 11) is 0. The maximum absolute atomic E-state index is 10.8. The Balaban J connectivity index is 2.12. The van der Waals surface area contributed by atoms with Crippen molar-refractivity contribution in [2.24, 2.45) is 0 Å². The number of hydrogen-bond acceptors (Lipinski definition) is 2. The topological polar surface area (TPSA) is 81.1 Å². The van der Waals surface area contributed by atoms with Gasteiger partial charge in [-0.05, 0) is 13.3 Å². The average molecular weight is 200 g/mol. The smallest absolute Gasteiger partial charge is 0.407 e. The lowest BCUT2D eigenvalue weighted by Crippen LogP contribution is -2.69. The standard InChI is InChI=1S/C8H12N2O4/c1-4-6-5(10(4)8(13)14)2-3-9(6)7(11)12/h4-6H,2-3H2,1H3,(H,11,12)(H,13,14)/t4-,5?,6?/m0/s1. The summed E-state index contributed by atoms with van der Waals surface area (Å²) in [6.45, 7) is 2.19. The van der Waals surface area contributed by atoms with Crippen LogP contribution in [0, 0.1) is 0 Å². The SMILES string of the molecule is C[C@H]1C2C(CCN2C(=O)O)N1C(=O)O. The fourth-order valence-electron chi connectivity index (χ4n) is 2.59. The maximum Gasteiger partial charge on any atom is 0.407 e. The zero-order chi connectivity index (χ0) is 10.5. The molecule has 0 radical (unpaired) electrons. The van der Waals surface area contributed by atoms with Gasteiger partial charge in [0.25, 0.3) is 0 Å². The largest absolute Gasteiger partial charge is 0.465 e. The molecule has 3 atom stereocenters. The first-order valence-electron chi connectivity index (χ1n) is 4.55. The van der Waals surface area contributed by atoms with E-state index in [9.17, 15) is 9.59 Å². The minimum absolute atomic E-state index is 0.126. The molecule has 0 bridgehead atoms. The zero-order valence-corrected chi connectivity index (χ0v) is 7.75. The van der Waals surface area contributed by atoms with E-state index in [1.165, 1.54) is 9.80 Å². The second-order valence-electron chi connectivity index (χ2n) is 3.75. The number of likely N-dealkylation sites (tertiary alicyclic amines) is 2. The summed E-state index contributed by atoms with van der Waals surface area (Å²) < 4.78 is 0. The lowest BCUT2D eigenvalue weighted by molar-refractivity contribution is -0.0153. The van der Waals surface area contributed by atoms with Gasteiger partial charge in [-0.25, -0.2) is 9.59 Å². The molecule has 2 N–H and O–H groups in total. The van der Waals surface area contributed by atoms with Gasteiger partial charge in [-0.3, -0.25) is 4.90 Å². The van der Waals surface area contributed by atoms with Gasteiger partial charge in [0.2, 0.25) is 0 Å². The van der Waals surface area contributed by atoms with E-state index < -0.39 is 12.2 Å². The van der Waals surface area contributed by atoms with Crippen molar-refractivity contribution in [1.82, 2.24) is 9.80 Å². The van der Waals surface area contributed by atoms with Crippen LogP contribution in [0.3, 0.4) is 0 Å². The summed E-state index contributed by atoms with van der Waals surface area (Å²) in [6.07, 6.45) is -1.28. The van der Waals surface area contributed by atoms with Crippen molar-refractivity contribution >= 4 is 12.2 Å². The van der Waals surface area contributed by atoms with E-state index in [1.807, 2.05) is 0 Å². The summed E-state index contributed by atoms with van der Waals surface area (Å²) in [5.41, 5.74) is 0. The highest BCUT2D eigenvalue weighted by molar-refractivity contribution is 5.71. The van der Waals surface area contributed by atoms with Gasteiger partial charge in [-0.1, -0.05) is 0 Å². The van der Waals surface area contributed by atoms with Crippen molar-refractivity contribution in [2.45, 2.75) is 31.5 Å². The lowest BCUT2D eigenvalue weighted by atomic mass is 9.89. The second-order valence-corrected chi connectivity index (χ2v) is 3.75. The molecular formula is C8H12N2O4. The van der Waals surface area contributed by atoms with E-state index in [-0.39, 0.29) is 18.1 Å². The third-order valence-electron chi connectivity index (χ3n) is 3.18. The van der Waals surface area contributed by atoms with Crippen molar-refractivity contribution in [3.05, 3.63) is 0 Å². The summed E-state index contributed by atoms with van der Waals surface area (Å²) in [4.78, 5) is 24.2. The maximum atomic E-state index is 10.8. The molecule has 14 heavy (non-hydrogen) atoms. The predicted molar refractivity (Wildman–Crippen MR) is 46.2 cm³/mol. The summed E-state index contributed by atoms with van der Waals surface area (Å²) in [6, 6.07) is -0.474. The number of carbonyl (C=O) groups is 2. The van der Waals surface area contributed by atoms with Crippen molar-refractivity contribution in [3.8, 4) is 0 Å². The molecule has 6 nitrogen and oxygen atoms in total. The van der Waals surface area contributed by atoms with E-state index in [4.69, 9.17) is 10.2 Å². The number of rotatable bonds is 0. The lowest BCUT2D eigenvalue weighted by Gasteiger charge is -2.50. The first-order valence-corrected chi connectivity index (χ1v) is 4.55. The van der Waals surface area contributed by atoms with Crippen molar-refractivity contribution in [3.63, 3.8) is 0 Å². The van der Waals surface area contributed by atoms with Crippen LogP contribution in [0.1, 0.15) is 13.3 Å². The van der Waals surface area contributed by atoms with Crippen LogP contribution >= 0.6 is 0 Å². The minimum atomic E-state index is -0.953. The Morgan fingerprint density at radius 2 is 1.93 bits per heavy atom. The Bertz CT molecular complexity index is 281. The Labute approximate surface area is 80.7 Å². The molecule has 0 spiro atoms. The van der Waals surface area contributed by atoms with Gasteiger partial charge in [-0.15, -0.1) is 0 Å². The average Bonchev–Trinajstić information content (AvgIpc) is 2.42. The van der Waals surface area contributed by atoms with Crippen LogP contribution < -0.4 is 0 Å². The van der Waals surface area contributed by atoms with Gasteiger partial charge in [0.15, 0.2) is 0 Å². The van der Waals surface area contributed by atoms with Gasteiger partial charge in [0.1, 0.15) is 0 Å². The fourth-order valence-corrected chi connectivity index (χ4v) is 2.59. The van der Waals surface area contributed by atoms with Crippen LogP contribution in [0.5, 0.6) is 0 Å². The van der Waals surface area contributed by atoms with Crippen LogP contribution in [-0.2, 0) is 0 Å². The first-order chi connectivity index (χ1) is 6.54. The Morgan fingerprint density at radius 3 is 2.43 bits per heavy atom. The molecule has 78 valence electrons. The molecule has 2 heterocycles. The molecule has 6 heteroatoms. The number of amides is 2. The number of nitrogens with zero attached hydrogens (tertiary/aromatic N) is 2. The Hall–Kier alpha value is -1.46. The van der Waals surface area contributed by atoms with Gasteiger partial charge < -0.3 is 15.1 Å². The third-order valence-corrected chi connectivity index (χ3v) is 3.18. The summed E-state index contributed by atoms with van der Waals surface area (Å²) in [5, 5.41) is 17.7.